The molecule has 142 valence electrons. The van der Waals surface area contributed by atoms with Crippen LogP contribution in [0.25, 0.3) is 0 Å². The fourth-order valence-electron chi connectivity index (χ4n) is 2.57. The summed E-state index contributed by atoms with van der Waals surface area (Å²) >= 11 is 0. The molecule has 0 aromatic heterocycles. The van der Waals surface area contributed by atoms with Gasteiger partial charge in [-0.25, -0.2) is 0 Å². The minimum atomic E-state index is -1.73. The Kier molecular flexibility index (Phi) is 7.58. The molecule has 7 heteroatoms. The molecule has 2 unspecified atom stereocenters. The molecule has 0 saturated heterocycles. The molecule has 6 nitrogen and oxygen atoms in total. The van der Waals surface area contributed by atoms with Gasteiger partial charge in [-0.3, -0.25) is 9.59 Å². The first kappa shape index (κ1) is 20.7. The number of amides is 2. The summed E-state index contributed by atoms with van der Waals surface area (Å²) in [4.78, 5) is 24.6. The van der Waals surface area contributed by atoms with Crippen LogP contribution in [-0.2, 0) is 22.6 Å². The Labute approximate surface area is 159 Å². The third-order valence-electron chi connectivity index (χ3n) is 4.36. The van der Waals surface area contributed by atoms with Crippen molar-refractivity contribution < 1.29 is 19.6 Å². The van der Waals surface area contributed by atoms with E-state index in [0.717, 1.165) is 16.7 Å². The second-order valence-corrected chi connectivity index (χ2v) is 6.64. The van der Waals surface area contributed by atoms with Crippen LogP contribution >= 0.6 is 0 Å². The molecule has 0 heterocycles. The summed E-state index contributed by atoms with van der Waals surface area (Å²) in [5.41, 5.74) is 2.88. The van der Waals surface area contributed by atoms with E-state index in [1.807, 2.05) is 61.5 Å². The van der Waals surface area contributed by atoms with E-state index in [-0.39, 0.29) is 6.42 Å². The van der Waals surface area contributed by atoms with Crippen LogP contribution < -0.4 is 10.6 Å². The van der Waals surface area contributed by atoms with E-state index in [1.54, 1.807) is 0 Å². The highest BCUT2D eigenvalue weighted by Gasteiger charge is 2.29. The van der Waals surface area contributed by atoms with Gasteiger partial charge in [-0.15, -0.1) is 0 Å². The predicted molar refractivity (Wildman–Crippen MR) is 104 cm³/mol. The Balaban J connectivity index is 1.91. The molecule has 0 radical (unpaired) electrons. The van der Waals surface area contributed by atoms with E-state index in [4.69, 9.17) is 0 Å². The molecule has 0 spiro atoms. The van der Waals surface area contributed by atoms with Gasteiger partial charge in [0, 0.05) is 6.54 Å². The third kappa shape index (κ3) is 6.55. The highest BCUT2D eigenvalue weighted by molar-refractivity contribution is 6.43. The monoisotopic (exact) mass is 368 g/mol. The quantitative estimate of drug-likeness (QED) is 0.413. The zero-order valence-corrected chi connectivity index (χ0v) is 15.6. The Hall–Kier alpha value is -2.64. The van der Waals surface area contributed by atoms with E-state index < -0.39 is 30.8 Å². The molecule has 0 bridgehead atoms. The number of carbonyl (C=O) groups is 2. The van der Waals surface area contributed by atoms with Crippen molar-refractivity contribution in [2.24, 2.45) is 5.92 Å². The largest absolute Gasteiger partial charge is 0.475 e. The van der Waals surface area contributed by atoms with Gasteiger partial charge < -0.3 is 20.7 Å². The van der Waals surface area contributed by atoms with Crippen molar-refractivity contribution in [2.45, 2.75) is 32.8 Å². The van der Waals surface area contributed by atoms with Gasteiger partial charge in [0.2, 0.25) is 11.8 Å². The van der Waals surface area contributed by atoms with Crippen molar-refractivity contribution in [3.63, 3.8) is 0 Å². The molecular weight excluding hydrogens is 343 g/mol. The minimum Gasteiger partial charge on any atom is -0.426 e. The summed E-state index contributed by atoms with van der Waals surface area (Å²) in [5.74, 6) is -2.82. The highest BCUT2D eigenvalue weighted by atomic mass is 16.4. The number of carbonyl (C=O) groups excluding carboxylic acids is 2. The highest BCUT2D eigenvalue weighted by Crippen LogP contribution is 2.08. The van der Waals surface area contributed by atoms with Gasteiger partial charge in [0.15, 0.2) is 0 Å². The van der Waals surface area contributed by atoms with Crippen molar-refractivity contribution in [3.8, 4) is 0 Å². The van der Waals surface area contributed by atoms with Crippen LogP contribution in [0.4, 0.5) is 0 Å². The molecule has 2 rings (SSSR count). The number of hydrogen-bond donors (Lipinski definition) is 4. The molecule has 0 aliphatic rings. The first-order valence-electron chi connectivity index (χ1n) is 8.90. The SMILES string of the molecule is Cc1ccc(CC(NC(=O)C(C)C(=O)NCc2ccccc2)B(O)O)cc1. The summed E-state index contributed by atoms with van der Waals surface area (Å²) < 4.78 is 0. The number of benzene rings is 2. The molecule has 0 saturated carbocycles. The van der Waals surface area contributed by atoms with E-state index in [0.29, 0.717) is 6.54 Å². The third-order valence-corrected chi connectivity index (χ3v) is 4.36. The van der Waals surface area contributed by atoms with E-state index in [1.165, 1.54) is 6.92 Å². The maximum absolute atomic E-state index is 12.4. The van der Waals surface area contributed by atoms with Crippen LogP contribution in [0, 0.1) is 12.8 Å². The van der Waals surface area contributed by atoms with Gasteiger partial charge in [-0.05, 0) is 31.4 Å². The van der Waals surface area contributed by atoms with E-state index >= 15 is 0 Å². The zero-order chi connectivity index (χ0) is 19.8. The molecule has 2 atom stereocenters. The molecular formula is C20H25BN2O4. The average Bonchev–Trinajstić information content (AvgIpc) is 2.67. The maximum atomic E-state index is 12.4. The smallest absolute Gasteiger partial charge is 0.426 e. The first-order chi connectivity index (χ1) is 12.9. The topological polar surface area (TPSA) is 98.7 Å². The van der Waals surface area contributed by atoms with Gasteiger partial charge in [0.1, 0.15) is 5.92 Å². The summed E-state index contributed by atoms with van der Waals surface area (Å²) in [6, 6.07) is 17.0. The Bertz CT molecular complexity index is 750. The average molecular weight is 368 g/mol. The number of nitrogens with one attached hydrogen (secondary N) is 2. The lowest BCUT2D eigenvalue weighted by Crippen LogP contribution is -2.51. The predicted octanol–water partition coefficient (Wildman–Crippen LogP) is 0.987. The van der Waals surface area contributed by atoms with Crippen LogP contribution in [0.3, 0.4) is 0 Å². The number of aryl methyl sites for hydroxylation is 1. The van der Waals surface area contributed by atoms with Crippen LogP contribution in [0.5, 0.6) is 0 Å². The number of rotatable bonds is 8. The first-order valence-corrected chi connectivity index (χ1v) is 8.90. The summed E-state index contributed by atoms with van der Waals surface area (Å²) in [5, 5.41) is 24.5. The summed E-state index contributed by atoms with van der Waals surface area (Å²) in [6.45, 7) is 3.77. The van der Waals surface area contributed by atoms with Crippen molar-refractivity contribution in [2.75, 3.05) is 0 Å². The molecule has 4 N–H and O–H groups in total. The molecule has 0 aliphatic carbocycles. The second-order valence-electron chi connectivity index (χ2n) is 6.64. The lowest BCUT2D eigenvalue weighted by atomic mass is 9.75. The molecule has 2 amide bonds. The Morgan fingerprint density at radius 3 is 2.19 bits per heavy atom. The van der Waals surface area contributed by atoms with Gasteiger partial charge >= 0.3 is 7.12 Å². The molecule has 2 aromatic rings. The maximum Gasteiger partial charge on any atom is 0.475 e. The van der Waals surface area contributed by atoms with Crippen LogP contribution in [-0.4, -0.2) is 34.9 Å². The summed E-state index contributed by atoms with van der Waals surface area (Å²) in [6.07, 6.45) is 0.252. The Morgan fingerprint density at radius 2 is 1.59 bits per heavy atom. The number of hydrogen-bond acceptors (Lipinski definition) is 4. The molecule has 27 heavy (non-hydrogen) atoms. The normalized spacial score (nSPS) is 12.7. The van der Waals surface area contributed by atoms with Crippen LogP contribution in [0.15, 0.2) is 54.6 Å². The Morgan fingerprint density at radius 1 is 0.963 bits per heavy atom. The second kappa shape index (κ2) is 9.90. The molecule has 0 fully saturated rings. The van der Waals surface area contributed by atoms with Gasteiger partial charge in [0.05, 0.1) is 5.94 Å². The fourth-order valence-corrected chi connectivity index (χ4v) is 2.57. The summed E-state index contributed by atoms with van der Waals surface area (Å²) in [7, 11) is -1.73. The van der Waals surface area contributed by atoms with Crippen molar-refractivity contribution in [1.82, 2.24) is 10.6 Å². The van der Waals surface area contributed by atoms with E-state index in [9.17, 15) is 19.6 Å². The van der Waals surface area contributed by atoms with Crippen molar-refractivity contribution >= 4 is 18.9 Å². The standard InChI is InChI=1S/C20H25BN2O4/c1-14-8-10-16(11-9-14)12-18(21(26)27)23-20(25)15(2)19(24)22-13-17-6-4-3-5-7-17/h3-11,15,18,26-27H,12-13H2,1-2H3,(H,22,24)(H,23,25). The molecule has 0 aliphatic heterocycles. The fraction of sp³-hybridized carbons (Fsp3) is 0.300. The van der Waals surface area contributed by atoms with Crippen LogP contribution in [0.1, 0.15) is 23.6 Å². The van der Waals surface area contributed by atoms with Gasteiger partial charge in [0.25, 0.3) is 0 Å². The molecule has 2 aromatic carbocycles. The minimum absolute atomic E-state index is 0.252. The van der Waals surface area contributed by atoms with Crippen molar-refractivity contribution in [1.29, 1.82) is 0 Å². The van der Waals surface area contributed by atoms with Crippen LogP contribution in [0.2, 0.25) is 0 Å². The lowest BCUT2D eigenvalue weighted by molar-refractivity contribution is -0.134. The van der Waals surface area contributed by atoms with Gasteiger partial charge in [-0.1, -0.05) is 60.2 Å². The van der Waals surface area contributed by atoms with E-state index in [2.05, 4.69) is 10.6 Å². The lowest BCUT2D eigenvalue weighted by Gasteiger charge is -2.20. The van der Waals surface area contributed by atoms with Gasteiger partial charge in [-0.2, -0.15) is 0 Å². The zero-order valence-electron chi connectivity index (χ0n) is 15.6. The van der Waals surface area contributed by atoms with Crippen molar-refractivity contribution in [3.05, 3.63) is 71.3 Å².